The van der Waals surface area contributed by atoms with Crippen LogP contribution in [0.3, 0.4) is 0 Å². The van der Waals surface area contributed by atoms with Crippen molar-refractivity contribution >= 4 is 12.2 Å². The molecule has 27 heavy (non-hydrogen) atoms. The second-order valence-corrected chi connectivity index (χ2v) is 8.73. The van der Waals surface area contributed by atoms with Crippen LogP contribution >= 0.6 is 0 Å². The van der Waals surface area contributed by atoms with Crippen LogP contribution in [0.25, 0.3) is 0 Å². The van der Waals surface area contributed by atoms with Crippen molar-refractivity contribution in [1.29, 1.82) is 0 Å². The minimum atomic E-state index is -1.15. The van der Waals surface area contributed by atoms with Crippen molar-refractivity contribution in [1.82, 2.24) is 4.90 Å². The number of benzene rings is 1. The molecule has 4 rings (SSSR count). The summed E-state index contributed by atoms with van der Waals surface area (Å²) in [5.41, 5.74) is -1.51. The van der Waals surface area contributed by atoms with E-state index in [0.717, 1.165) is 11.8 Å². The smallest absolute Gasteiger partial charge is 0.276 e. The van der Waals surface area contributed by atoms with Crippen molar-refractivity contribution in [3.8, 4) is 0 Å². The number of amides is 1. The monoisotopic (exact) mass is 371 g/mol. The van der Waals surface area contributed by atoms with Crippen LogP contribution in [0.4, 0.5) is 0 Å². The van der Waals surface area contributed by atoms with E-state index in [-0.39, 0.29) is 17.9 Å². The van der Waals surface area contributed by atoms with Crippen LogP contribution in [0.2, 0.25) is 0 Å². The van der Waals surface area contributed by atoms with E-state index < -0.39 is 23.3 Å². The maximum absolute atomic E-state index is 13.2. The average molecular weight is 371 g/mol. The maximum Gasteiger partial charge on any atom is 0.276 e. The fourth-order valence-electron chi connectivity index (χ4n) is 4.32. The van der Waals surface area contributed by atoms with Gasteiger partial charge in [0.15, 0.2) is 17.4 Å². The molecule has 0 saturated carbocycles. The lowest BCUT2D eigenvalue weighted by Gasteiger charge is -2.39. The average Bonchev–Trinajstić information content (AvgIpc) is 3.23. The van der Waals surface area contributed by atoms with Gasteiger partial charge in [-0.05, 0) is 12.5 Å². The van der Waals surface area contributed by atoms with Gasteiger partial charge >= 0.3 is 0 Å². The van der Waals surface area contributed by atoms with Gasteiger partial charge in [-0.25, -0.2) is 0 Å². The summed E-state index contributed by atoms with van der Waals surface area (Å²) in [5.74, 6) is -0.428. The number of hydrogen-bond donors (Lipinski definition) is 0. The standard InChI is InChI=1S/C21H25NO5/c1-19(2,3)18-22-17(24)15-10-16(25-11-14-8-6-5-7-9-14)27-20(15,4)21(22,12-23)13-26-18/h5-10,12,15,18H,11,13H2,1-4H3/t15-,18-,20-,21-/m0/s1. The van der Waals surface area contributed by atoms with E-state index in [9.17, 15) is 9.59 Å². The summed E-state index contributed by atoms with van der Waals surface area (Å²) in [7, 11) is 0. The van der Waals surface area contributed by atoms with Gasteiger partial charge in [0.25, 0.3) is 5.95 Å². The molecule has 0 spiro atoms. The Bertz CT molecular complexity index is 799. The molecule has 3 heterocycles. The molecule has 2 saturated heterocycles. The molecule has 0 aliphatic carbocycles. The molecule has 3 aliphatic rings. The fourth-order valence-corrected chi connectivity index (χ4v) is 4.32. The molecular formula is C21H25NO5. The molecular weight excluding hydrogens is 346 g/mol. The van der Waals surface area contributed by atoms with Gasteiger partial charge in [-0.1, -0.05) is 51.1 Å². The van der Waals surface area contributed by atoms with Gasteiger partial charge < -0.3 is 19.0 Å². The summed E-state index contributed by atoms with van der Waals surface area (Å²) in [6, 6.07) is 9.72. The van der Waals surface area contributed by atoms with Crippen molar-refractivity contribution in [2.24, 2.45) is 11.3 Å². The largest absolute Gasteiger partial charge is 0.461 e. The van der Waals surface area contributed by atoms with Crippen molar-refractivity contribution in [3.05, 3.63) is 47.9 Å². The highest BCUT2D eigenvalue weighted by molar-refractivity contribution is 5.94. The first-order valence-corrected chi connectivity index (χ1v) is 9.22. The van der Waals surface area contributed by atoms with E-state index in [2.05, 4.69) is 0 Å². The van der Waals surface area contributed by atoms with E-state index in [1.807, 2.05) is 51.1 Å². The zero-order valence-corrected chi connectivity index (χ0v) is 16.1. The third-order valence-corrected chi connectivity index (χ3v) is 5.86. The molecule has 6 nitrogen and oxygen atoms in total. The minimum Gasteiger partial charge on any atom is -0.461 e. The van der Waals surface area contributed by atoms with Crippen LogP contribution in [-0.4, -0.2) is 41.1 Å². The number of ether oxygens (including phenoxy) is 3. The first kappa shape index (κ1) is 18.0. The van der Waals surface area contributed by atoms with Gasteiger partial charge in [0.05, 0.1) is 6.61 Å². The predicted octanol–water partition coefficient (Wildman–Crippen LogP) is 2.63. The van der Waals surface area contributed by atoms with E-state index in [4.69, 9.17) is 14.2 Å². The highest BCUT2D eigenvalue weighted by atomic mass is 16.7. The van der Waals surface area contributed by atoms with Crippen LogP contribution in [0.5, 0.6) is 0 Å². The molecule has 1 aromatic carbocycles. The Balaban J connectivity index is 1.61. The van der Waals surface area contributed by atoms with Gasteiger partial charge in [-0.15, -0.1) is 0 Å². The van der Waals surface area contributed by atoms with Gasteiger partial charge in [-0.3, -0.25) is 9.69 Å². The number of fused-ring (bicyclic) bond motifs is 3. The predicted molar refractivity (Wildman–Crippen MR) is 97.1 cm³/mol. The highest BCUT2D eigenvalue weighted by Crippen LogP contribution is 2.55. The van der Waals surface area contributed by atoms with Gasteiger partial charge in [-0.2, -0.15) is 0 Å². The first-order valence-electron chi connectivity index (χ1n) is 9.22. The number of rotatable bonds is 4. The molecule has 0 bridgehead atoms. The SMILES string of the molecule is CC(C)(C)[C@@H]1OC[C@]2(C=O)N1C(=O)[C@@H]1C=C(OCc3ccccc3)O[C@@]12C. The van der Waals surface area contributed by atoms with Crippen LogP contribution in [-0.2, 0) is 30.4 Å². The second kappa shape index (κ2) is 5.83. The zero-order chi connectivity index (χ0) is 19.4. The molecule has 0 aromatic heterocycles. The third-order valence-electron chi connectivity index (χ3n) is 5.86. The topological polar surface area (TPSA) is 65.1 Å². The number of aldehydes is 1. The van der Waals surface area contributed by atoms with Crippen molar-refractivity contribution in [2.75, 3.05) is 6.61 Å². The summed E-state index contributed by atoms with van der Waals surface area (Å²) in [6.45, 7) is 8.24. The van der Waals surface area contributed by atoms with E-state index in [1.165, 1.54) is 0 Å². The number of carbonyl (C=O) groups is 2. The van der Waals surface area contributed by atoms with Gasteiger partial charge in [0.2, 0.25) is 5.91 Å². The molecule has 3 aliphatic heterocycles. The summed E-state index contributed by atoms with van der Waals surface area (Å²) in [4.78, 5) is 27.1. The molecule has 0 N–H and O–H groups in total. The molecule has 0 radical (unpaired) electrons. The van der Waals surface area contributed by atoms with Gasteiger partial charge in [0, 0.05) is 11.5 Å². The lowest BCUT2D eigenvalue weighted by atomic mass is 9.78. The second-order valence-electron chi connectivity index (χ2n) is 8.73. The lowest BCUT2D eigenvalue weighted by molar-refractivity contribution is -0.146. The van der Waals surface area contributed by atoms with Gasteiger partial charge in [0.1, 0.15) is 18.8 Å². The van der Waals surface area contributed by atoms with E-state index in [1.54, 1.807) is 17.9 Å². The summed E-state index contributed by atoms with van der Waals surface area (Å²) >= 11 is 0. The Hall–Kier alpha value is -2.34. The number of carbonyl (C=O) groups excluding carboxylic acids is 2. The Morgan fingerprint density at radius 1 is 1.30 bits per heavy atom. The van der Waals surface area contributed by atoms with Crippen LogP contribution < -0.4 is 0 Å². The molecule has 1 amide bonds. The molecule has 2 fully saturated rings. The van der Waals surface area contributed by atoms with Crippen LogP contribution in [0.1, 0.15) is 33.3 Å². The Morgan fingerprint density at radius 2 is 2.00 bits per heavy atom. The van der Waals surface area contributed by atoms with E-state index in [0.29, 0.717) is 12.6 Å². The summed E-state index contributed by atoms with van der Waals surface area (Å²) in [6.07, 6.45) is 2.04. The molecule has 6 heteroatoms. The Labute approximate surface area is 159 Å². The van der Waals surface area contributed by atoms with Crippen LogP contribution in [0, 0.1) is 11.3 Å². The number of nitrogens with zero attached hydrogens (tertiary/aromatic N) is 1. The molecule has 0 unspecified atom stereocenters. The fraction of sp³-hybridized carbons (Fsp3) is 0.524. The van der Waals surface area contributed by atoms with Crippen LogP contribution in [0.15, 0.2) is 42.4 Å². The summed E-state index contributed by atoms with van der Waals surface area (Å²) < 4.78 is 17.8. The maximum atomic E-state index is 13.2. The van der Waals surface area contributed by atoms with Crippen molar-refractivity contribution < 1.29 is 23.8 Å². The van der Waals surface area contributed by atoms with E-state index >= 15 is 0 Å². The molecule has 144 valence electrons. The Morgan fingerprint density at radius 3 is 2.63 bits per heavy atom. The molecule has 4 atom stereocenters. The third kappa shape index (κ3) is 2.42. The quantitative estimate of drug-likeness (QED) is 0.762. The number of hydrogen-bond acceptors (Lipinski definition) is 5. The minimum absolute atomic E-state index is 0.122. The highest BCUT2D eigenvalue weighted by Gasteiger charge is 2.75. The van der Waals surface area contributed by atoms with Crippen molar-refractivity contribution in [3.63, 3.8) is 0 Å². The normalized spacial score (nSPS) is 34.7. The Kier molecular flexibility index (Phi) is 3.89. The zero-order valence-electron chi connectivity index (χ0n) is 16.1. The van der Waals surface area contributed by atoms with Crippen molar-refractivity contribution in [2.45, 2.75) is 51.7 Å². The lowest BCUT2D eigenvalue weighted by Crippen LogP contribution is -2.60. The molecule has 1 aromatic rings. The first-order chi connectivity index (χ1) is 12.7. The summed E-state index contributed by atoms with van der Waals surface area (Å²) in [5, 5.41) is 0.